The summed E-state index contributed by atoms with van der Waals surface area (Å²) in [7, 11) is -2.17. The van der Waals surface area contributed by atoms with Gasteiger partial charge < -0.3 is 23.7 Å². The third kappa shape index (κ3) is 7.31. The number of esters is 1. The smallest absolute Gasteiger partial charge is 0.302 e. The molecule has 0 bridgehead atoms. The highest BCUT2D eigenvalue weighted by Gasteiger charge is 2.50. The molecule has 1 aliphatic carbocycles. The van der Waals surface area contributed by atoms with Crippen molar-refractivity contribution >= 4 is 14.3 Å². The quantitative estimate of drug-likeness (QED) is 0.134. The Labute approximate surface area is 223 Å². The number of azide groups is 3. The van der Waals surface area contributed by atoms with Crippen molar-refractivity contribution in [3.8, 4) is 0 Å². The number of ether oxygens (including phenoxy) is 3. The fourth-order valence-electron chi connectivity index (χ4n) is 4.61. The summed E-state index contributed by atoms with van der Waals surface area (Å²) in [6.07, 6.45) is -4.50. The van der Waals surface area contributed by atoms with Crippen LogP contribution in [0.2, 0.25) is 18.1 Å². The highest BCUT2D eigenvalue weighted by molar-refractivity contribution is 6.74. The standard InChI is InChI=1S/C22H39N9O6Si/c1-11-17(28-31-25)21(36-16(18(11)33)10-34-38(7,8)22(4,5)6)37-20-12(2)19(35-13(3)32)14(26-29-23)9-15(20)27-30-24/h11-12,14-21,33H,9-10H2,1-8H3/t11-,12-,14-,15?,16?,17?,18+,19?,20+,21-/m1/s1. The van der Waals surface area contributed by atoms with Crippen molar-refractivity contribution in [2.75, 3.05) is 6.61 Å². The molecule has 0 aromatic heterocycles. The zero-order valence-corrected chi connectivity index (χ0v) is 24.2. The van der Waals surface area contributed by atoms with Gasteiger partial charge in [0.25, 0.3) is 0 Å². The number of carbonyl (C=O) groups excluding carboxylic acids is 1. The molecule has 0 aromatic rings. The minimum atomic E-state index is -2.17. The Morgan fingerprint density at radius 3 is 2.08 bits per heavy atom. The lowest BCUT2D eigenvalue weighted by molar-refractivity contribution is -0.278. The van der Waals surface area contributed by atoms with E-state index in [0.29, 0.717) is 0 Å². The molecule has 1 saturated carbocycles. The number of aliphatic hydroxyl groups excluding tert-OH is 1. The zero-order valence-electron chi connectivity index (χ0n) is 23.2. The molecule has 0 aromatic carbocycles. The van der Waals surface area contributed by atoms with Crippen LogP contribution in [0.1, 0.15) is 48.0 Å². The normalized spacial score (nSPS) is 35.7. The van der Waals surface area contributed by atoms with E-state index in [4.69, 9.17) is 24.2 Å². The van der Waals surface area contributed by atoms with Crippen LogP contribution < -0.4 is 0 Å². The van der Waals surface area contributed by atoms with Crippen LogP contribution in [-0.4, -0.2) is 74.8 Å². The molecule has 2 aliphatic rings. The van der Waals surface area contributed by atoms with Crippen molar-refractivity contribution in [2.24, 2.45) is 27.2 Å². The first-order chi connectivity index (χ1) is 17.7. The van der Waals surface area contributed by atoms with Gasteiger partial charge >= 0.3 is 5.97 Å². The fourth-order valence-corrected chi connectivity index (χ4v) is 5.62. The molecule has 10 atom stereocenters. The lowest BCUT2D eigenvalue weighted by Gasteiger charge is -2.47. The summed E-state index contributed by atoms with van der Waals surface area (Å²) in [5.74, 6) is -1.70. The van der Waals surface area contributed by atoms with Gasteiger partial charge in [0.1, 0.15) is 12.2 Å². The van der Waals surface area contributed by atoms with Gasteiger partial charge in [0.15, 0.2) is 14.6 Å². The number of rotatable bonds is 9. The van der Waals surface area contributed by atoms with Crippen molar-refractivity contribution in [3.05, 3.63) is 31.3 Å². The molecule has 1 aliphatic heterocycles. The van der Waals surface area contributed by atoms with Gasteiger partial charge in [-0.15, -0.1) is 0 Å². The van der Waals surface area contributed by atoms with Crippen LogP contribution in [0.15, 0.2) is 15.3 Å². The van der Waals surface area contributed by atoms with E-state index in [-0.39, 0.29) is 18.1 Å². The summed E-state index contributed by atoms with van der Waals surface area (Å²) < 4.78 is 24.2. The van der Waals surface area contributed by atoms with Gasteiger partial charge in [0, 0.05) is 27.6 Å². The SMILES string of the molecule is CC(=O)OC1[C@@H](C)[C@H](O[C@H]2OC(CO[Si](C)(C)C(C)(C)C)[C@@H](O)[C@H](C)C2N=[N+]=[N-])C(N=[N+]=[N-])C[C@H]1N=[N+]=[N-]. The third-order valence-corrected chi connectivity index (χ3v) is 12.4. The summed E-state index contributed by atoms with van der Waals surface area (Å²) in [4.78, 5) is 20.5. The maximum Gasteiger partial charge on any atom is 0.302 e. The number of nitrogens with zero attached hydrogens (tertiary/aromatic N) is 9. The van der Waals surface area contributed by atoms with E-state index in [1.807, 2.05) is 0 Å². The molecule has 2 fully saturated rings. The Morgan fingerprint density at radius 1 is 1.03 bits per heavy atom. The minimum Gasteiger partial charge on any atom is -0.462 e. The van der Waals surface area contributed by atoms with E-state index in [1.54, 1.807) is 13.8 Å². The molecule has 16 heteroatoms. The van der Waals surface area contributed by atoms with Crippen molar-refractivity contribution in [3.63, 3.8) is 0 Å². The van der Waals surface area contributed by atoms with Crippen molar-refractivity contribution in [1.29, 1.82) is 0 Å². The van der Waals surface area contributed by atoms with Crippen LogP contribution in [0.4, 0.5) is 0 Å². The topological polar surface area (TPSA) is 221 Å². The van der Waals surface area contributed by atoms with Crippen LogP contribution in [0.5, 0.6) is 0 Å². The molecule has 0 radical (unpaired) electrons. The van der Waals surface area contributed by atoms with Crippen molar-refractivity contribution in [2.45, 2.75) is 115 Å². The van der Waals surface area contributed by atoms with Crippen LogP contribution in [0, 0.1) is 11.8 Å². The molecule has 1 N–H and O–H groups in total. The van der Waals surface area contributed by atoms with Crippen LogP contribution in [0.3, 0.4) is 0 Å². The molecular formula is C22H39N9O6Si. The highest BCUT2D eigenvalue weighted by atomic mass is 28.4. The summed E-state index contributed by atoms with van der Waals surface area (Å²) >= 11 is 0. The van der Waals surface area contributed by atoms with E-state index in [2.05, 4.69) is 63.9 Å². The van der Waals surface area contributed by atoms with Crippen molar-refractivity contribution in [1.82, 2.24) is 0 Å². The van der Waals surface area contributed by atoms with Gasteiger partial charge in [-0.2, -0.15) is 0 Å². The second-order valence-corrected chi connectivity index (χ2v) is 16.3. The molecule has 4 unspecified atom stereocenters. The van der Waals surface area contributed by atoms with Gasteiger partial charge in [-0.3, -0.25) is 4.79 Å². The summed E-state index contributed by atoms with van der Waals surface area (Å²) in [6.45, 7) is 15.3. The minimum absolute atomic E-state index is 0.0595. The Morgan fingerprint density at radius 2 is 1.58 bits per heavy atom. The molecule has 1 heterocycles. The number of hydrogen-bond acceptors (Lipinski definition) is 9. The Kier molecular flexibility index (Phi) is 10.8. The van der Waals surface area contributed by atoms with Gasteiger partial charge in [-0.1, -0.05) is 50.0 Å². The zero-order chi connectivity index (χ0) is 28.8. The monoisotopic (exact) mass is 553 g/mol. The molecule has 0 amide bonds. The van der Waals surface area contributed by atoms with Gasteiger partial charge in [0.2, 0.25) is 0 Å². The predicted octanol–water partition coefficient (Wildman–Crippen LogP) is 5.12. The number of carbonyl (C=O) groups is 1. The molecule has 1 saturated heterocycles. The van der Waals surface area contributed by atoms with E-state index in [9.17, 15) is 21.0 Å². The molecule has 212 valence electrons. The second kappa shape index (κ2) is 13.0. The van der Waals surface area contributed by atoms with Crippen LogP contribution in [-0.2, 0) is 23.4 Å². The molecule has 15 nitrogen and oxygen atoms in total. The van der Waals surface area contributed by atoms with Gasteiger partial charge in [0.05, 0.1) is 36.9 Å². The van der Waals surface area contributed by atoms with Gasteiger partial charge in [-0.25, -0.2) is 0 Å². The van der Waals surface area contributed by atoms with E-state index < -0.39 is 75.0 Å². The van der Waals surface area contributed by atoms with Crippen molar-refractivity contribution < 1.29 is 28.5 Å². The largest absolute Gasteiger partial charge is 0.462 e. The average molecular weight is 554 g/mol. The summed E-state index contributed by atoms with van der Waals surface area (Å²) in [5.41, 5.74) is 27.4. The Bertz CT molecular complexity index is 990. The Hall–Kier alpha value is -2.54. The molecular weight excluding hydrogens is 514 g/mol. The fraction of sp³-hybridized carbons (Fsp3) is 0.955. The van der Waals surface area contributed by atoms with Crippen LogP contribution in [0.25, 0.3) is 31.3 Å². The summed E-state index contributed by atoms with van der Waals surface area (Å²) in [6, 6.07) is -2.47. The maximum absolute atomic E-state index is 11.8. The molecule has 2 rings (SSSR count). The maximum atomic E-state index is 11.8. The Balaban J connectivity index is 2.38. The molecule has 38 heavy (non-hydrogen) atoms. The van der Waals surface area contributed by atoms with E-state index >= 15 is 0 Å². The first kappa shape index (κ1) is 31.7. The first-order valence-corrected chi connectivity index (χ1v) is 15.5. The van der Waals surface area contributed by atoms with E-state index in [0.717, 1.165) is 0 Å². The lowest BCUT2D eigenvalue weighted by atomic mass is 9.78. The van der Waals surface area contributed by atoms with E-state index in [1.165, 1.54) is 6.92 Å². The second-order valence-electron chi connectivity index (χ2n) is 11.5. The third-order valence-electron chi connectivity index (χ3n) is 7.92. The predicted molar refractivity (Wildman–Crippen MR) is 140 cm³/mol. The number of aliphatic hydroxyl groups is 1. The average Bonchev–Trinajstić information content (AvgIpc) is 2.81. The first-order valence-electron chi connectivity index (χ1n) is 12.6. The number of hydrogen-bond donors (Lipinski definition) is 1. The van der Waals surface area contributed by atoms with Gasteiger partial charge in [-0.05, 0) is 47.1 Å². The van der Waals surface area contributed by atoms with Crippen LogP contribution >= 0.6 is 0 Å². The lowest BCUT2D eigenvalue weighted by Crippen LogP contribution is -2.59. The molecule has 0 spiro atoms. The highest BCUT2D eigenvalue weighted by Crippen LogP contribution is 2.40. The summed E-state index contributed by atoms with van der Waals surface area (Å²) in [5, 5.41) is 22.4.